The standard InChI is InChI=1S/C19H19N3O4S2/c1-2-17(26-15-6-4-3-5-7-15)18(23)21-14-8-10-16(11-9-14)28(24,25)22-19-20-12-13-27-19/h3-13,17H,2H2,1H3,(H,20,22)(H,21,23)/t17-/m1/s1. The number of benzene rings is 2. The zero-order chi connectivity index (χ0) is 20.0. The summed E-state index contributed by atoms with van der Waals surface area (Å²) in [6.07, 6.45) is 1.35. The van der Waals surface area contributed by atoms with Gasteiger partial charge in [-0.05, 0) is 42.8 Å². The first-order valence-electron chi connectivity index (χ1n) is 8.53. The van der Waals surface area contributed by atoms with Gasteiger partial charge in [-0.15, -0.1) is 11.3 Å². The zero-order valence-electron chi connectivity index (χ0n) is 15.0. The van der Waals surface area contributed by atoms with E-state index in [1.54, 1.807) is 17.5 Å². The van der Waals surface area contributed by atoms with Crippen molar-refractivity contribution in [2.24, 2.45) is 0 Å². The summed E-state index contributed by atoms with van der Waals surface area (Å²) in [4.78, 5) is 16.4. The van der Waals surface area contributed by atoms with E-state index in [-0.39, 0.29) is 10.8 Å². The van der Waals surface area contributed by atoms with Crippen molar-refractivity contribution in [1.29, 1.82) is 0 Å². The summed E-state index contributed by atoms with van der Waals surface area (Å²) in [5.41, 5.74) is 0.480. The topological polar surface area (TPSA) is 97.4 Å². The molecule has 28 heavy (non-hydrogen) atoms. The zero-order valence-corrected chi connectivity index (χ0v) is 16.7. The number of ether oxygens (including phenoxy) is 1. The minimum absolute atomic E-state index is 0.0771. The quantitative estimate of drug-likeness (QED) is 0.582. The Hall–Kier alpha value is -2.91. The maximum absolute atomic E-state index is 12.5. The first-order valence-corrected chi connectivity index (χ1v) is 10.9. The van der Waals surface area contributed by atoms with Crippen molar-refractivity contribution < 1.29 is 17.9 Å². The van der Waals surface area contributed by atoms with Crippen LogP contribution >= 0.6 is 11.3 Å². The van der Waals surface area contributed by atoms with Gasteiger partial charge in [-0.3, -0.25) is 9.52 Å². The molecule has 1 aromatic heterocycles. The van der Waals surface area contributed by atoms with Crippen molar-refractivity contribution in [2.45, 2.75) is 24.3 Å². The molecule has 0 aliphatic rings. The number of sulfonamides is 1. The van der Waals surface area contributed by atoms with Crippen molar-refractivity contribution in [1.82, 2.24) is 4.98 Å². The molecule has 3 aromatic rings. The molecule has 0 spiro atoms. The summed E-state index contributed by atoms with van der Waals surface area (Å²) in [5.74, 6) is 0.307. The van der Waals surface area contributed by atoms with Gasteiger partial charge in [-0.1, -0.05) is 25.1 Å². The maximum Gasteiger partial charge on any atom is 0.265 e. The van der Waals surface area contributed by atoms with E-state index in [2.05, 4.69) is 15.0 Å². The minimum atomic E-state index is -3.73. The fraction of sp³-hybridized carbons (Fsp3) is 0.158. The van der Waals surface area contributed by atoms with Crippen LogP contribution in [-0.4, -0.2) is 25.4 Å². The Labute approximate surface area is 167 Å². The molecule has 7 nitrogen and oxygen atoms in total. The highest BCUT2D eigenvalue weighted by Gasteiger charge is 2.19. The van der Waals surface area contributed by atoms with E-state index in [9.17, 15) is 13.2 Å². The smallest absolute Gasteiger partial charge is 0.265 e. The summed E-state index contributed by atoms with van der Waals surface area (Å²) in [5, 5.41) is 4.72. The molecule has 0 fully saturated rings. The number of nitrogens with one attached hydrogen (secondary N) is 2. The average molecular weight is 418 g/mol. The number of aromatic nitrogens is 1. The number of anilines is 2. The summed E-state index contributed by atoms with van der Waals surface area (Å²) in [7, 11) is -3.73. The molecule has 1 heterocycles. The number of para-hydroxylation sites is 1. The van der Waals surface area contributed by atoms with Crippen molar-refractivity contribution >= 4 is 38.1 Å². The number of amides is 1. The average Bonchev–Trinajstić information content (AvgIpc) is 3.19. The molecule has 1 amide bonds. The lowest BCUT2D eigenvalue weighted by Crippen LogP contribution is -2.32. The van der Waals surface area contributed by atoms with Crippen LogP contribution < -0.4 is 14.8 Å². The molecule has 0 aliphatic carbocycles. The number of hydrogen-bond acceptors (Lipinski definition) is 6. The SMILES string of the molecule is CC[C@@H](Oc1ccccc1)C(=O)Nc1ccc(S(=O)(=O)Nc2nccs2)cc1. The third-order valence-corrected chi connectivity index (χ3v) is 5.94. The Bertz CT molecular complexity index is 1010. The van der Waals surface area contributed by atoms with E-state index < -0.39 is 16.1 Å². The van der Waals surface area contributed by atoms with Crippen LogP contribution in [0.1, 0.15) is 13.3 Å². The third-order valence-electron chi connectivity index (χ3n) is 3.77. The third kappa shape index (κ3) is 5.08. The van der Waals surface area contributed by atoms with E-state index in [1.165, 1.54) is 41.8 Å². The van der Waals surface area contributed by atoms with Gasteiger partial charge in [-0.2, -0.15) is 0 Å². The van der Waals surface area contributed by atoms with Crippen molar-refractivity contribution in [3.8, 4) is 5.75 Å². The second-order valence-corrected chi connectivity index (χ2v) is 8.36. The van der Waals surface area contributed by atoms with E-state index >= 15 is 0 Å². The summed E-state index contributed by atoms with van der Waals surface area (Å²) >= 11 is 1.19. The molecule has 0 unspecified atom stereocenters. The van der Waals surface area contributed by atoms with Gasteiger partial charge in [-0.25, -0.2) is 13.4 Å². The van der Waals surface area contributed by atoms with E-state index in [1.807, 2.05) is 25.1 Å². The molecule has 2 aromatic carbocycles. The van der Waals surface area contributed by atoms with Crippen LogP contribution in [0.3, 0.4) is 0 Å². The van der Waals surface area contributed by atoms with Crippen LogP contribution in [0.2, 0.25) is 0 Å². The maximum atomic E-state index is 12.5. The molecular formula is C19H19N3O4S2. The number of nitrogens with zero attached hydrogens (tertiary/aromatic N) is 1. The predicted molar refractivity (Wildman–Crippen MR) is 109 cm³/mol. The Morgan fingerprint density at radius 3 is 2.46 bits per heavy atom. The Balaban J connectivity index is 1.65. The Morgan fingerprint density at radius 1 is 1.14 bits per heavy atom. The number of thiazole rings is 1. The number of rotatable bonds is 8. The summed E-state index contributed by atoms with van der Waals surface area (Å²) in [6.45, 7) is 1.85. The van der Waals surface area contributed by atoms with Gasteiger partial charge in [0.15, 0.2) is 11.2 Å². The van der Waals surface area contributed by atoms with Crippen LogP contribution in [0.5, 0.6) is 5.75 Å². The number of hydrogen-bond donors (Lipinski definition) is 2. The normalized spacial score (nSPS) is 12.2. The Morgan fingerprint density at radius 2 is 1.86 bits per heavy atom. The van der Waals surface area contributed by atoms with Gasteiger partial charge in [0.2, 0.25) is 0 Å². The molecule has 1 atom stereocenters. The van der Waals surface area contributed by atoms with E-state index in [0.717, 1.165) is 0 Å². The van der Waals surface area contributed by atoms with Crippen LogP contribution in [0, 0.1) is 0 Å². The highest BCUT2D eigenvalue weighted by atomic mass is 32.2. The van der Waals surface area contributed by atoms with E-state index in [4.69, 9.17) is 4.74 Å². The first-order chi connectivity index (χ1) is 13.5. The van der Waals surface area contributed by atoms with Gasteiger partial charge < -0.3 is 10.1 Å². The molecule has 2 N–H and O–H groups in total. The summed E-state index contributed by atoms with van der Waals surface area (Å²) in [6, 6.07) is 15.0. The lowest BCUT2D eigenvalue weighted by molar-refractivity contribution is -0.122. The van der Waals surface area contributed by atoms with Crippen molar-refractivity contribution in [3.63, 3.8) is 0 Å². The Kier molecular flexibility index (Phi) is 6.27. The molecule has 0 aliphatic heterocycles. The monoisotopic (exact) mass is 417 g/mol. The van der Waals surface area contributed by atoms with Gasteiger partial charge in [0.1, 0.15) is 5.75 Å². The lowest BCUT2D eigenvalue weighted by atomic mass is 10.2. The number of carbonyl (C=O) groups excluding carboxylic acids is 1. The molecule has 0 saturated carbocycles. The van der Waals surface area contributed by atoms with Crippen molar-refractivity contribution in [2.75, 3.05) is 10.0 Å². The highest BCUT2D eigenvalue weighted by molar-refractivity contribution is 7.93. The highest BCUT2D eigenvalue weighted by Crippen LogP contribution is 2.20. The van der Waals surface area contributed by atoms with E-state index in [0.29, 0.717) is 23.0 Å². The van der Waals surface area contributed by atoms with Crippen molar-refractivity contribution in [3.05, 3.63) is 66.2 Å². The van der Waals surface area contributed by atoms with Crippen LogP contribution in [0.15, 0.2) is 71.1 Å². The van der Waals surface area contributed by atoms with Gasteiger partial charge >= 0.3 is 0 Å². The molecule has 0 bridgehead atoms. The van der Waals surface area contributed by atoms with Crippen LogP contribution in [-0.2, 0) is 14.8 Å². The largest absolute Gasteiger partial charge is 0.481 e. The second-order valence-electron chi connectivity index (χ2n) is 5.78. The molecule has 0 saturated heterocycles. The van der Waals surface area contributed by atoms with Gasteiger partial charge in [0.25, 0.3) is 15.9 Å². The first kappa shape index (κ1) is 19.8. The predicted octanol–water partition coefficient (Wildman–Crippen LogP) is 3.74. The fourth-order valence-electron chi connectivity index (χ4n) is 2.37. The van der Waals surface area contributed by atoms with Gasteiger partial charge in [0.05, 0.1) is 4.90 Å². The molecule has 3 rings (SSSR count). The minimum Gasteiger partial charge on any atom is -0.481 e. The number of carbonyl (C=O) groups is 1. The van der Waals surface area contributed by atoms with Crippen LogP contribution in [0.4, 0.5) is 10.8 Å². The van der Waals surface area contributed by atoms with Gasteiger partial charge in [0, 0.05) is 17.3 Å². The summed E-state index contributed by atoms with van der Waals surface area (Å²) < 4.78 is 32.8. The molecule has 146 valence electrons. The second kappa shape index (κ2) is 8.85. The molecular weight excluding hydrogens is 398 g/mol. The lowest BCUT2D eigenvalue weighted by Gasteiger charge is -2.17. The van der Waals surface area contributed by atoms with Crippen LogP contribution in [0.25, 0.3) is 0 Å². The fourth-order valence-corrected chi connectivity index (χ4v) is 4.16. The molecule has 0 radical (unpaired) electrons. The molecule has 9 heteroatoms.